The Morgan fingerprint density at radius 2 is 1.95 bits per heavy atom. The number of nitrogens with zero attached hydrogens (tertiary/aromatic N) is 1. The molecule has 1 saturated carbocycles. The normalized spacial score (nSPS) is 20.8. The Kier molecular flexibility index (Phi) is 4.04. The van der Waals surface area contributed by atoms with Gasteiger partial charge in [0.05, 0.1) is 0 Å². The number of anilines is 1. The predicted octanol–water partition coefficient (Wildman–Crippen LogP) is 3.27. The van der Waals surface area contributed by atoms with Crippen molar-refractivity contribution in [2.45, 2.75) is 37.0 Å². The summed E-state index contributed by atoms with van der Waals surface area (Å²) in [6, 6.07) is 8.89. The molecule has 2 nitrogen and oxygen atoms in total. The Balaban J connectivity index is 1.60. The molecule has 3 heteroatoms. The van der Waals surface area contributed by atoms with Crippen LogP contribution in [0.1, 0.15) is 31.2 Å². The standard InChI is InChI=1S/C16H24N2S/c1-19-16(8-9-16)13-17-12-14-6-2-3-7-15(14)18-10-4-5-11-18/h2-3,6-7,17H,4-5,8-13H2,1H3. The maximum atomic E-state index is 3.67. The van der Waals surface area contributed by atoms with Crippen LogP contribution in [-0.4, -0.2) is 30.6 Å². The maximum Gasteiger partial charge on any atom is 0.0411 e. The molecule has 2 fully saturated rings. The summed E-state index contributed by atoms with van der Waals surface area (Å²) in [4.78, 5) is 2.54. The van der Waals surface area contributed by atoms with E-state index in [2.05, 4.69) is 40.7 Å². The van der Waals surface area contributed by atoms with Crippen LogP contribution >= 0.6 is 11.8 Å². The molecule has 1 aliphatic heterocycles. The van der Waals surface area contributed by atoms with Gasteiger partial charge in [-0.2, -0.15) is 11.8 Å². The van der Waals surface area contributed by atoms with Crippen LogP contribution in [0, 0.1) is 0 Å². The predicted molar refractivity (Wildman–Crippen MR) is 85.1 cm³/mol. The van der Waals surface area contributed by atoms with Gasteiger partial charge in [0.15, 0.2) is 0 Å². The zero-order chi connectivity index (χ0) is 13.1. The summed E-state index contributed by atoms with van der Waals surface area (Å²) in [5, 5.41) is 3.67. The molecule has 0 bridgehead atoms. The van der Waals surface area contributed by atoms with Gasteiger partial charge in [0.2, 0.25) is 0 Å². The number of hydrogen-bond donors (Lipinski definition) is 1. The molecular weight excluding hydrogens is 252 g/mol. The molecule has 1 aromatic rings. The van der Waals surface area contributed by atoms with Crippen molar-refractivity contribution in [3.05, 3.63) is 29.8 Å². The Morgan fingerprint density at radius 1 is 1.21 bits per heavy atom. The van der Waals surface area contributed by atoms with Crippen LogP contribution in [0.2, 0.25) is 0 Å². The Bertz CT molecular complexity index is 423. The van der Waals surface area contributed by atoms with Crippen LogP contribution < -0.4 is 10.2 Å². The summed E-state index contributed by atoms with van der Waals surface area (Å²) in [7, 11) is 0. The van der Waals surface area contributed by atoms with Crippen molar-refractivity contribution in [1.82, 2.24) is 5.32 Å². The van der Waals surface area contributed by atoms with Gasteiger partial charge in [0.1, 0.15) is 0 Å². The van der Waals surface area contributed by atoms with Crippen molar-refractivity contribution in [3.63, 3.8) is 0 Å². The third kappa shape index (κ3) is 3.09. The van der Waals surface area contributed by atoms with Crippen molar-refractivity contribution < 1.29 is 0 Å². The van der Waals surface area contributed by atoms with Gasteiger partial charge in [0, 0.05) is 36.6 Å². The lowest BCUT2D eigenvalue weighted by Crippen LogP contribution is -2.27. The van der Waals surface area contributed by atoms with Crippen LogP contribution in [-0.2, 0) is 6.54 Å². The van der Waals surface area contributed by atoms with Crippen LogP contribution in [0.25, 0.3) is 0 Å². The first-order valence-electron chi connectivity index (χ1n) is 7.42. The monoisotopic (exact) mass is 276 g/mol. The second kappa shape index (κ2) is 5.76. The minimum absolute atomic E-state index is 0.558. The average Bonchev–Trinajstić information content (AvgIpc) is 3.02. The molecule has 0 radical (unpaired) electrons. The van der Waals surface area contributed by atoms with Crippen LogP contribution in [0.5, 0.6) is 0 Å². The third-order valence-corrected chi connectivity index (χ3v) is 5.86. The molecule has 0 unspecified atom stereocenters. The molecule has 1 saturated heterocycles. The van der Waals surface area contributed by atoms with E-state index in [1.807, 2.05) is 11.8 Å². The summed E-state index contributed by atoms with van der Waals surface area (Å²) in [5.74, 6) is 0. The number of para-hydroxylation sites is 1. The third-order valence-electron chi connectivity index (χ3n) is 4.44. The molecule has 0 aromatic heterocycles. The van der Waals surface area contributed by atoms with Gasteiger partial charge in [-0.15, -0.1) is 0 Å². The molecule has 1 heterocycles. The zero-order valence-corrected chi connectivity index (χ0v) is 12.6. The van der Waals surface area contributed by atoms with E-state index in [4.69, 9.17) is 0 Å². The topological polar surface area (TPSA) is 15.3 Å². The lowest BCUT2D eigenvalue weighted by Gasteiger charge is -2.22. The van der Waals surface area contributed by atoms with E-state index in [1.54, 1.807) is 0 Å². The van der Waals surface area contributed by atoms with Crippen molar-refractivity contribution in [3.8, 4) is 0 Å². The zero-order valence-electron chi connectivity index (χ0n) is 11.8. The summed E-state index contributed by atoms with van der Waals surface area (Å²) >= 11 is 2.03. The largest absolute Gasteiger partial charge is 0.371 e. The lowest BCUT2D eigenvalue weighted by molar-refractivity contribution is 0.662. The number of benzene rings is 1. The minimum atomic E-state index is 0.558. The molecule has 1 aliphatic carbocycles. The Hall–Kier alpha value is -0.670. The molecule has 1 aromatic carbocycles. The summed E-state index contributed by atoms with van der Waals surface area (Å²) < 4.78 is 0.558. The fourth-order valence-corrected chi connectivity index (χ4v) is 3.70. The minimum Gasteiger partial charge on any atom is -0.371 e. The molecule has 0 atom stereocenters. The Morgan fingerprint density at radius 3 is 2.63 bits per heavy atom. The van der Waals surface area contributed by atoms with Crippen LogP contribution in [0.15, 0.2) is 24.3 Å². The van der Waals surface area contributed by atoms with Crippen LogP contribution in [0.3, 0.4) is 0 Å². The number of rotatable bonds is 6. The van der Waals surface area contributed by atoms with Crippen molar-refractivity contribution in [2.24, 2.45) is 0 Å². The lowest BCUT2D eigenvalue weighted by atomic mass is 10.1. The number of hydrogen-bond acceptors (Lipinski definition) is 3. The van der Waals surface area contributed by atoms with E-state index in [0.29, 0.717) is 4.75 Å². The average molecular weight is 276 g/mol. The fourth-order valence-electron chi connectivity index (χ4n) is 2.94. The van der Waals surface area contributed by atoms with Crippen molar-refractivity contribution in [1.29, 1.82) is 0 Å². The fraction of sp³-hybridized carbons (Fsp3) is 0.625. The van der Waals surface area contributed by atoms with Gasteiger partial charge in [-0.3, -0.25) is 0 Å². The van der Waals surface area contributed by atoms with Gasteiger partial charge in [-0.1, -0.05) is 18.2 Å². The quantitative estimate of drug-likeness (QED) is 0.858. The summed E-state index contributed by atoms with van der Waals surface area (Å²) in [5.41, 5.74) is 2.91. The maximum absolute atomic E-state index is 3.67. The van der Waals surface area contributed by atoms with Crippen molar-refractivity contribution >= 4 is 17.4 Å². The van der Waals surface area contributed by atoms with Gasteiger partial charge in [-0.25, -0.2) is 0 Å². The molecule has 3 rings (SSSR count). The molecule has 0 amide bonds. The highest BCUT2D eigenvalue weighted by molar-refractivity contribution is 8.00. The van der Waals surface area contributed by atoms with E-state index < -0.39 is 0 Å². The van der Waals surface area contributed by atoms with Gasteiger partial charge >= 0.3 is 0 Å². The smallest absolute Gasteiger partial charge is 0.0411 e. The highest BCUT2D eigenvalue weighted by Crippen LogP contribution is 2.46. The van der Waals surface area contributed by atoms with Crippen molar-refractivity contribution in [2.75, 3.05) is 30.8 Å². The molecule has 0 spiro atoms. The van der Waals surface area contributed by atoms with Gasteiger partial charge in [-0.05, 0) is 43.6 Å². The molecule has 104 valence electrons. The number of thioether (sulfide) groups is 1. The molecular formula is C16H24N2S. The highest BCUT2D eigenvalue weighted by atomic mass is 32.2. The molecule has 19 heavy (non-hydrogen) atoms. The highest BCUT2D eigenvalue weighted by Gasteiger charge is 2.41. The first kappa shape index (κ1) is 13.3. The first-order chi connectivity index (χ1) is 9.33. The molecule has 1 N–H and O–H groups in total. The summed E-state index contributed by atoms with van der Waals surface area (Å²) in [6.07, 6.45) is 7.70. The van der Waals surface area contributed by atoms with E-state index in [1.165, 1.54) is 50.0 Å². The molecule has 2 aliphatic rings. The van der Waals surface area contributed by atoms with Gasteiger partial charge < -0.3 is 10.2 Å². The van der Waals surface area contributed by atoms with E-state index in [9.17, 15) is 0 Å². The second-order valence-corrected chi connectivity index (χ2v) is 7.09. The summed E-state index contributed by atoms with van der Waals surface area (Å²) in [6.45, 7) is 4.62. The second-order valence-electron chi connectivity index (χ2n) is 5.81. The van der Waals surface area contributed by atoms with E-state index in [0.717, 1.165) is 13.1 Å². The van der Waals surface area contributed by atoms with Gasteiger partial charge in [0.25, 0.3) is 0 Å². The SMILES string of the molecule is CSC1(CNCc2ccccc2N2CCCC2)CC1. The van der Waals surface area contributed by atoms with E-state index >= 15 is 0 Å². The Labute approximate surface area is 121 Å². The van der Waals surface area contributed by atoms with Crippen LogP contribution in [0.4, 0.5) is 5.69 Å². The number of nitrogens with one attached hydrogen (secondary N) is 1. The first-order valence-corrected chi connectivity index (χ1v) is 8.64. The van der Waals surface area contributed by atoms with E-state index in [-0.39, 0.29) is 0 Å².